The SMILES string of the molecule is CN(C(=O)c1ccc(F)cc1)c1nc(-c2cc(=O)[nH]cn2)cs1. The van der Waals surface area contributed by atoms with Gasteiger partial charge in [0.15, 0.2) is 5.13 Å². The van der Waals surface area contributed by atoms with Gasteiger partial charge in [0.25, 0.3) is 11.5 Å². The number of amides is 1. The van der Waals surface area contributed by atoms with Crippen LogP contribution in [0.25, 0.3) is 11.4 Å². The van der Waals surface area contributed by atoms with Crippen LogP contribution >= 0.6 is 11.3 Å². The van der Waals surface area contributed by atoms with Crippen LogP contribution in [0, 0.1) is 5.82 Å². The van der Waals surface area contributed by atoms with Crippen molar-refractivity contribution in [2.75, 3.05) is 11.9 Å². The maximum atomic E-state index is 12.9. The van der Waals surface area contributed by atoms with Gasteiger partial charge in [-0.05, 0) is 24.3 Å². The summed E-state index contributed by atoms with van der Waals surface area (Å²) in [6, 6.07) is 6.63. The first kappa shape index (κ1) is 15.0. The summed E-state index contributed by atoms with van der Waals surface area (Å²) >= 11 is 1.25. The number of aromatic nitrogens is 3. The molecule has 0 atom stereocenters. The van der Waals surface area contributed by atoms with Gasteiger partial charge in [-0.2, -0.15) is 0 Å². The Hall–Kier alpha value is -2.87. The number of nitrogens with one attached hydrogen (secondary N) is 1. The topological polar surface area (TPSA) is 79.0 Å². The van der Waals surface area contributed by atoms with E-state index in [1.165, 1.54) is 52.9 Å². The average Bonchev–Trinajstić information content (AvgIpc) is 3.04. The lowest BCUT2D eigenvalue weighted by Gasteiger charge is -2.13. The van der Waals surface area contributed by atoms with Crippen LogP contribution < -0.4 is 10.5 Å². The maximum Gasteiger partial charge on any atom is 0.259 e. The molecule has 0 unspecified atom stereocenters. The molecule has 0 aliphatic rings. The van der Waals surface area contributed by atoms with Crippen LogP contribution in [0.15, 0.2) is 46.8 Å². The zero-order chi connectivity index (χ0) is 16.4. The highest BCUT2D eigenvalue weighted by Gasteiger charge is 2.17. The van der Waals surface area contributed by atoms with Gasteiger partial charge in [0.2, 0.25) is 0 Å². The first-order valence-electron chi connectivity index (χ1n) is 6.59. The lowest BCUT2D eigenvalue weighted by molar-refractivity contribution is 0.0993. The van der Waals surface area contributed by atoms with Crippen molar-refractivity contribution in [1.82, 2.24) is 15.0 Å². The molecule has 3 aromatic rings. The molecule has 0 bridgehead atoms. The quantitative estimate of drug-likeness (QED) is 0.799. The second-order valence-electron chi connectivity index (χ2n) is 4.68. The van der Waals surface area contributed by atoms with E-state index in [2.05, 4.69) is 15.0 Å². The number of halogens is 1. The number of hydrogen-bond donors (Lipinski definition) is 1. The summed E-state index contributed by atoms with van der Waals surface area (Å²) in [5.41, 5.74) is 1.02. The third-order valence-corrected chi connectivity index (χ3v) is 4.03. The molecule has 3 rings (SSSR count). The Kier molecular flexibility index (Phi) is 3.98. The minimum absolute atomic E-state index is 0.278. The molecule has 0 saturated heterocycles. The molecule has 1 N–H and O–H groups in total. The van der Waals surface area contributed by atoms with Crippen molar-refractivity contribution < 1.29 is 9.18 Å². The van der Waals surface area contributed by atoms with E-state index in [0.717, 1.165) is 0 Å². The van der Waals surface area contributed by atoms with E-state index in [0.29, 0.717) is 22.1 Å². The first-order chi connectivity index (χ1) is 11.0. The van der Waals surface area contributed by atoms with Crippen LogP contribution in [0.1, 0.15) is 10.4 Å². The monoisotopic (exact) mass is 330 g/mol. The normalized spacial score (nSPS) is 10.5. The van der Waals surface area contributed by atoms with E-state index >= 15 is 0 Å². The first-order valence-corrected chi connectivity index (χ1v) is 7.47. The number of nitrogens with zero attached hydrogens (tertiary/aromatic N) is 3. The fraction of sp³-hybridized carbons (Fsp3) is 0.0667. The highest BCUT2D eigenvalue weighted by atomic mass is 32.1. The van der Waals surface area contributed by atoms with Crippen LogP contribution in [0.4, 0.5) is 9.52 Å². The largest absolute Gasteiger partial charge is 0.313 e. The van der Waals surface area contributed by atoms with Crippen molar-refractivity contribution >= 4 is 22.4 Å². The minimum Gasteiger partial charge on any atom is -0.313 e. The molecule has 0 aliphatic carbocycles. The fourth-order valence-corrected chi connectivity index (χ4v) is 2.70. The number of carbonyl (C=O) groups excluding carboxylic acids is 1. The molecule has 0 spiro atoms. The van der Waals surface area contributed by atoms with Crippen LogP contribution in [0.2, 0.25) is 0 Å². The summed E-state index contributed by atoms with van der Waals surface area (Å²) in [5.74, 6) is -0.703. The Balaban J connectivity index is 1.86. The van der Waals surface area contributed by atoms with Crippen LogP contribution in [-0.4, -0.2) is 27.9 Å². The molecule has 0 aliphatic heterocycles. The predicted molar refractivity (Wildman–Crippen MR) is 85.1 cm³/mol. The maximum absolute atomic E-state index is 12.9. The van der Waals surface area contributed by atoms with E-state index in [1.54, 1.807) is 12.4 Å². The minimum atomic E-state index is -0.402. The molecule has 2 heterocycles. The van der Waals surface area contributed by atoms with Gasteiger partial charge in [-0.3, -0.25) is 14.5 Å². The summed E-state index contributed by atoms with van der Waals surface area (Å²) in [4.78, 5) is 35.8. The second kappa shape index (κ2) is 6.09. The van der Waals surface area contributed by atoms with Gasteiger partial charge in [0, 0.05) is 24.1 Å². The highest BCUT2D eigenvalue weighted by Crippen LogP contribution is 2.26. The van der Waals surface area contributed by atoms with Gasteiger partial charge >= 0.3 is 0 Å². The van der Waals surface area contributed by atoms with Gasteiger partial charge in [0.1, 0.15) is 11.5 Å². The Morgan fingerprint density at radius 3 is 2.70 bits per heavy atom. The van der Waals surface area contributed by atoms with Crippen molar-refractivity contribution in [1.29, 1.82) is 0 Å². The number of anilines is 1. The smallest absolute Gasteiger partial charge is 0.259 e. The Morgan fingerprint density at radius 1 is 1.26 bits per heavy atom. The lowest BCUT2D eigenvalue weighted by atomic mass is 10.2. The number of carbonyl (C=O) groups is 1. The van der Waals surface area contributed by atoms with E-state index in [1.807, 2.05) is 0 Å². The molecular formula is C15H11FN4O2S. The number of rotatable bonds is 3. The van der Waals surface area contributed by atoms with Gasteiger partial charge in [-0.25, -0.2) is 14.4 Å². The zero-order valence-corrected chi connectivity index (χ0v) is 12.8. The van der Waals surface area contributed by atoms with Crippen molar-refractivity contribution in [3.05, 3.63) is 63.8 Å². The average molecular weight is 330 g/mol. The summed E-state index contributed by atoms with van der Waals surface area (Å²) < 4.78 is 12.9. The number of H-pyrrole nitrogens is 1. The van der Waals surface area contributed by atoms with Crippen molar-refractivity contribution in [3.8, 4) is 11.4 Å². The molecule has 1 amide bonds. The molecule has 8 heteroatoms. The Bertz CT molecular complexity index is 904. The summed E-state index contributed by atoms with van der Waals surface area (Å²) in [5, 5.41) is 2.17. The Morgan fingerprint density at radius 2 is 2.00 bits per heavy atom. The molecule has 23 heavy (non-hydrogen) atoms. The fourth-order valence-electron chi connectivity index (χ4n) is 1.92. The standard InChI is InChI=1S/C15H11FN4O2S/c1-20(14(22)9-2-4-10(16)5-3-9)15-19-12(7-23-15)11-6-13(21)18-8-17-11/h2-8H,1H3,(H,17,18,21). The molecule has 0 saturated carbocycles. The van der Waals surface area contributed by atoms with Gasteiger partial charge in [-0.1, -0.05) is 0 Å². The number of hydrogen-bond acceptors (Lipinski definition) is 5. The van der Waals surface area contributed by atoms with E-state index in [9.17, 15) is 14.0 Å². The third-order valence-electron chi connectivity index (χ3n) is 3.12. The highest BCUT2D eigenvalue weighted by molar-refractivity contribution is 7.14. The summed E-state index contributed by atoms with van der Waals surface area (Å²) in [7, 11) is 1.58. The zero-order valence-electron chi connectivity index (χ0n) is 12.0. The van der Waals surface area contributed by atoms with Gasteiger partial charge < -0.3 is 4.98 Å². The van der Waals surface area contributed by atoms with Gasteiger partial charge in [0.05, 0.1) is 12.0 Å². The van der Waals surface area contributed by atoms with E-state index in [-0.39, 0.29) is 11.5 Å². The van der Waals surface area contributed by atoms with Crippen molar-refractivity contribution in [2.24, 2.45) is 0 Å². The predicted octanol–water partition coefficient (Wildman–Crippen LogP) is 2.31. The van der Waals surface area contributed by atoms with Gasteiger partial charge in [-0.15, -0.1) is 11.3 Å². The number of benzene rings is 1. The lowest BCUT2D eigenvalue weighted by Crippen LogP contribution is -2.26. The number of thiazole rings is 1. The molecular weight excluding hydrogens is 319 g/mol. The summed E-state index contributed by atoms with van der Waals surface area (Å²) in [6.07, 6.45) is 1.30. The van der Waals surface area contributed by atoms with Crippen molar-refractivity contribution in [3.63, 3.8) is 0 Å². The molecule has 0 fully saturated rings. The van der Waals surface area contributed by atoms with Crippen LogP contribution in [0.3, 0.4) is 0 Å². The Labute approximate surface area is 134 Å². The molecule has 6 nitrogen and oxygen atoms in total. The van der Waals surface area contributed by atoms with Crippen LogP contribution in [-0.2, 0) is 0 Å². The van der Waals surface area contributed by atoms with Crippen LogP contribution in [0.5, 0.6) is 0 Å². The second-order valence-corrected chi connectivity index (χ2v) is 5.52. The molecule has 116 valence electrons. The summed E-state index contributed by atoms with van der Waals surface area (Å²) in [6.45, 7) is 0. The molecule has 2 aromatic heterocycles. The van der Waals surface area contributed by atoms with E-state index in [4.69, 9.17) is 0 Å². The molecule has 1 aromatic carbocycles. The van der Waals surface area contributed by atoms with E-state index < -0.39 is 5.82 Å². The number of aromatic amines is 1. The van der Waals surface area contributed by atoms with Crippen molar-refractivity contribution in [2.45, 2.75) is 0 Å². The molecule has 0 radical (unpaired) electrons. The third kappa shape index (κ3) is 3.16.